The summed E-state index contributed by atoms with van der Waals surface area (Å²) in [6.45, 7) is 6.21. The smallest absolute Gasteiger partial charge is 0.240 e. The molecule has 106 valence electrons. The maximum Gasteiger partial charge on any atom is 0.240 e. The number of halogens is 1. The highest BCUT2D eigenvalue weighted by Crippen LogP contribution is 2.20. The second-order valence-electron chi connectivity index (χ2n) is 4.82. The van der Waals surface area contributed by atoms with Gasteiger partial charge in [-0.2, -0.15) is 0 Å². The summed E-state index contributed by atoms with van der Waals surface area (Å²) < 4.78 is 18.7. The molecule has 1 aromatic carbocycles. The summed E-state index contributed by atoms with van der Waals surface area (Å²) in [5.41, 5.74) is 5.23. The van der Waals surface area contributed by atoms with E-state index in [1.165, 1.54) is 12.1 Å². The van der Waals surface area contributed by atoms with Gasteiger partial charge in [-0.25, -0.2) is 4.39 Å². The number of aryl methyl sites for hydroxylation is 1. The predicted octanol–water partition coefficient (Wildman–Crippen LogP) is 1.76. The van der Waals surface area contributed by atoms with Gasteiger partial charge < -0.3 is 15.8 Å². The lowest BCUT2D eigenvalue weighted by Gasteiger charge is -2.27. The molecule has 1 unspecified atom stereocenters. The molecule has 0 aromatic heterocycles. The molecule has 0 saturated carbocycles. The van der Waals surface area contributed by atoms with Crippen LogP contribution in [0, 0.1) is 12.7 Å². The Morgan fingerprint density at radius 1 is 1.53 bits per heavy atom. The van der Waals surface area contributed by atoms with Crippen molar-refractivity contribution in [2.75, 3.05) is 13.2 Å². The number of benzene rings is 1. The molecule has 0 aliphatic carbocycles. The maximum absolute atomic E-state index is 13.1. The second-order valence-corrected chi connectivity index (χ2v) is 4.82. The lowest BCUT2D eigenvalue weighted by molar-refractivity contribution is -0.125. The third-order valence-electron chi connectivity index (χ3n) is 2.98. The van der Waals surface area contributed by atoms with E-state index in [0.29, 0.717) is 12.3 Å². The van der Waals surface area contributed by atoms with E-state index in [9.17, 15) is 9.18 Å². The normalized spacial score (nSPS) is 13.9. The molecule has 0 spiro atoms. The van der Waals surface area contributed by atoms with Crippen LogP contribution in [0.25, 0.3) is 0 Å². The van der Waals surface area contributed by atoms with Crippen molar-refractivity contribution < 1.29 is 13.9 Å². The first-order chi connectivity index (χ1) is 8.89. The Kier molecular flexibility index (Phi) is 5.30. The minimum absolute atomic E-state index is 0.0621. The molecule has 0 radical (unpaired) electrons. The second kappa shape index (κ2) is 6.52. The fraction of sp³-hybridized carbons (Fsp3) is 0.500. The molecule has 4 nitrogen and oxygen atoms in total. The van der Waals surface area contributed by atoms with Crippen LogP contribution in [0.1, 0.15) is 25.8 Å². The summed E-state index contributed by atoms with van der Waals surface area (Å²) in [6.07, 6.45) is 0.877. The molecule has 0 fully saturated rings. The molecule has 1 amide bonds. The summed E-state index contributed by atoms with van der Waals surface area (Å²) in [5.74, 6) is -0.441. The third-order valence-corrected chi connectivity index (χ3v) is 2.98. The molecular formula is C14H21FN2O2. The standard InChI is InChI=1S/C14H21FN2O2/c1-4-7-17-14(3,13(16)18)9-19-12-8-11(15)6-5-10(12)2/h5-6,8,17H,4,7,9H2,1-3H3,(H2,16,18). The van der Waals surface area contributed by atoms with Crippen LogP contribution < -0.4 is 15.8 Å². The van der Waals surface area contributed by atoms with Crippen LogP contribution in [0.2, 0.25) is 0 Å². The number of hydrogen-bond donors (Lipinski definition) is 2. The van der Waals surface area contributed by atoms with Crippen molar-refractivity contribution in [3.05, 3.63) is 29.6 Å². The first kappa shape index (κ1) is 15.4. The summed E-state index contributed by atoms with van der Waals surface area (Å²) in [6, 6.07) is 4.30. The topological polar surface area (TPSA) is 64.3 Å². The molecule has 0 heterocycles. The lowest BCUT2D eigenvalue weighted by Crippen LogP contribution is -2.57. The van der Waals surface area contributed by atoms with Gasteiger partial charge in [-0.05, 0) is 38.4 Å². The van der Waals surface area contributed by atoms with E-state index in [1.807, 2.05) is 13.8 Å². The number of primary amides is 1. The Hall–Kier alpha value is -1.62. The Balaban J connectivity index is 2.76. The highest BCUT2D eigenvalue weighted by molar-refractivity contribution is 5.84. The molecular weight excluding hydrogens is 247 g/mol. The van der Waals surface area contributed by atoms with Crippen molar-refractivity contribution in [1.29, 1.82) is 0 Å². The fourth-order valence-corrected chi connectivity index (χ4v) is 1.56. The van der Waals surface area contributed by atoms with Gasteiger partial charge in [-0.15, -0.1) is 0 Å². The molecule has 19 heavy (non-hydrogen) atoms. The minimum Gasteiger partial charge on any atom is -0.491 e. The van der Waals surface area contributed by atoms with Gasteiger partial charge in [-0.3, -0.25) is 4.79 Å². The van der Waals surface area contributed by atoms with Crippen LogP contribution in [0.4, 0.5) is 4.39 Å². The summed E-state index contributed by atoms with van der Waals surface area (Å²) in [7, 11) is 0. The van der Waals surface area contributed by atoms with Gasteiger partial charge in [0.2, 0.25) is 5.91 Å². The Morgan fingerprint density at radius 3 is 2.79 bits per heavy atom. The van der Waals surface area contributed by atoms with Gasteiger partial charge in [0.25, 0.3) is 0 Å². The van der Waals surface area contributed by atoms with E-state index in [-0.39, 0.29) is 12.4 Å². The number of nitrogens with two attached hydrogens (primary N) is 1. The zero-order chi connectivity index (χ0) is 14.5. The van der Waals surface area contributed by atoms with Gasteiger partial charge in [0, 0.05) is 6.07 Å². The zero-order valence-corrected chi connectivity index (χ0v) is 11.6. The van der Waals surface area contributed by atoms with E-state index in [4.69, 9.17) is 10.5 Å². The molecule has 0 saturated heterocycles. The van der Waals surface area contributed by atoms with Crippen LogP contribution in [0.15, 0.2) is 18.2 Å². The zero-order valence-electron chi connectivity index (χ0n) is 11.6. The number of nitrogens with one attached hydrogen (secondary N) is 1. The molecule has 1 atom stereocenters. The van der Waals surface area contributed by atoms with Crippen LogP contribution in [-0.2, 0) is 4.79 Å². The van der Waals surface area contributed by atoms with Crippen LogP contribution in [-0.4, -0.2) is 24.6 Å². The Bertz CT molecular complexity index is 451. The van der Waals surface area contributed by atoms with Gasteiger partial charge in [0.15, 0.2) is 0 Å². The summed E-state index contributed by atoms with van der Waals surface area (Å²) in [4.78, 5) is 11.5. The minimum atomic E-state index is -0.964. The number of hydrogen-bond acceptors (Lipinski definition) is 3. The molecule has 0 aliphatic heterocycles. The number of carbonyl (C=O) groups excluding carboxylic acids is 1. The van der Waals surface area contributed by atoms with Crippen LogP contribution >= 0.6 is 0 Å². The number of rotatable bonds is 7. The van der Waals surface area contributed by atoms with Crippen molar-refractivity contribution in [1.82, 2.24) is 5.32 Å². The highest BCUT2D eigenvalue weighted by Gasteiger charge is 2.31. The number of carbonyl (C=O) groups is 1. The first-order valence-corrected chi connectivity index (χ1v) is 6.33. The van der Waals surface area contributed by atoms with E-state index in [0.717, 1.165) is 12.0 Å². The average Bonchev–Trinajstić information content (AvgIpc) is 2.37. The highest BCUT2D eigenvalue weighted by atomic mass is 19.1. The molecule has 0 bridgehead atoms. The fourth-order valence-electron chi connectivity index (χ4n) is 1.56. The summed E-state index contributed by atoms with van der Waals surface area (Å²) in [5, 5.41) is 3.06. The van der Waals surface area contributed by atoms with Crippen LogP contribution in [0.3, 0.4) is 0 Å². The molecule has 0 aliphatic rings. The molecule has 1 rings (SSSR count). The molecule has 3 N–H and O–H groups in total. The Labute approximate surface area is 113 Å². The van der Waals surface area contributed by atoms with Gasteiger partial charge >= 0.3 is 0 Å². The average molecular weight is 268 g/mol. The van der Waals surface area contributed by atoms with E-state index in [2.05, 4.69) is 5.32 Å². The number of amides is 1. The lowest BCUT2D eigenvalue weighted by atomic mass is 10.0. The SMILES string of the molecule is CCCNC(C)(COc1cc(F)ccc1C)C(N)=O. The maximum atomic E-state index is 13.1. The van der Waals surface area contributed by atoms with Gasteiger partial charge in [0.1, 0.15) is 23.7 Å². The van der Waals surface area contributed by atoms with E-state index in [1.54, 1.807) is 13.0 Å². The van der Waals surface area contributed by atoms with Crippen LogP contribution in [0.5, 0.6) is 5.75 Å². The largest absolute Gasteiger partial charge is 0.491 e. The van der Waals surface area contributed by atoms with Crippen molar-refractivity contribution in [3.63, 3.8) is 0 Å². The monoisotopic (exact) mass is 268 g/mol. The predicted molar refractivity (Wildman–Crippen MR) is 72.5 cm³/mol. The van der Waals surface area contributed by atoms with Crippen molar-refractivity contribution in [2.24, 2.45) is 5.73 Å². The molecule has 1 aromatic rings. The Morgan fingerprint density at radius 2 is 2.21 bits per heavy atom. The van der Waals surface area contributed by atoms with Crippen molar-refractivity contribution in [3.8, 4) is 5.75 Å². The third kappa shape index (κ3) is 4.21. The van der Waals surface area contributed by atoms with Crippen molar-refractivity contribution >= 4 is 5.91 Å². The van der Waals surface area contributed by atoms with Gasteiger partial charge in [-0.1, -0.05) is 13.0 Å². The van der Waals surface area contributed by atoms with Gasteiger partial charge in [0.05, 0.1) is 0 Å². The molecule has 5 heteroatoms. The first-order valence-electron chi connectivity index (χ1n) is 6.33. The van der Waals surface area contributed by atoms with E-state index < -0.39 is 11.4 Å². The van der Waals surface area contributed by atoms with E-state index >= 15 is 0 Å². The van der Waals surface area contributed by atoms with Crippen molar-refractivity contribution in [2.45, 2.75) is 32.7 Å². The number of ether oxygens (including phenoxy) is 1. The summed E-state index contributed by atoms with van der Waals surface area (Å²) >= 11 is 0. The quantitative estimate of drug-likeness (QED) is 0.792.